The molecule has 1 fully saturated rings. The summed E-state index contributed by atoms with van der Waals surface area (Å²) in [4.78, 5) is 26.3. The Bertz CT molecular complexity index is 1140. The molecule has 2 aliphatic rings. The van der Waals surface area contributed by atoms with E-state index in [-0.39, 0.29) is 11.7 Å². The van der Waals surface area contributed by atoms with Gasteiger partial charge in [-0.3, -0.25) is 4.79 Å². The van der Waals surface area contributed by atoms with E-state index in [4.69, 9.17) is 4.98 Å². The minimum atomic E-state index is -0.208. The molecule has 5 nitrogen and oxygen atoms in total. The van der Waals surface area contributed by atoms with E-state index in [0.717, 1.165) is 60.0 Å². The lowest BCUT2D eigenvalue weighted by atomic mass is 9.88. The fraction of sp³-hybridized carbons (Fsp3) is 0.500. The van der Waals surface area contributed by atoms with E-state index < -0.39 is 0 Å². The molecule has 1 aliphatic carbocycles. The zero-order valence-electron chi connectivity index (χ0n) is 19.4. The molecule has 7 heteroatoms. The highest BCUT2D eigenvalue weighted by atomic mass is 32.1. The molecule has 0 bridgehead atoms. The molecule has 1 amide bonds. The van der Waals surface area contributed by atoms with Crippen LogP contribution < -0.4 is 0 Å². The van der Waals surface area contributed by atoms with Gasteiger partial charge in [0.1, 0.15) is 18.2 Å². The summed E-state index contributed by atoms with van der Waals surface area (Å²) in [6, 6.07) is 5.13. The van der Waals surface area contributed by atoms with Gasteiger partial charge in [-0.15, -0.1) is 11.3 Å². The van der Waals surface area contributed by atoms with Gasteiger partial charge in [0.15, 0.2) is 0 Å². The monoisotopic (exact) mass is 466 g/mol. The third-order valence-corrected chi connectivity index (χ3v) is 8.08. The average molecular weight is 467 g/mol. The first-order chi connectivity index (χ1) is 16.0. The maximum absolute atomic E-state index is 13.8. The third kappa shape index (κ3) is 4.74. The number of benzene rings is 1. The minimum Gasteiger partial charge on any atom is -0.340 e. The lowest BCUT2D eigenvalue weighted by molar-refractivity contribution is -0.131. The van der Waals surface area contributed by atoms with Gasteiger partial charge >= 0.3 is 0 Å². The number of carbonyl (C=O) groups excluding carboxylic acids is 1. The largest absolute Gasteiger partial charge is 0.340 e. The van der Waals surface area contributed by atoms with Crippen LogP contribution in [0, 0.1) is 19.7 Å². The van der Waals surface area contributed by atoms with Gasteiger partial charge < -0.3 is 9.47 Å². The first-order valence-corrected chi connectivity index (χ1v) is 12.9. The second kappa shape index (κ2) is 9.37. The topological polar surface area (TPSA) is 51.0 Å². The average Bonchev–Trinajstić information content (AvgIpc) is 3.33. The van der Waals surface area contributed by atoms with Crippen LogP contribution in [0.25, 0.3) is 11.3 Å². The first-order valence-electron chi connectivity index (χ1n) is 12.0. The smallest absolute Gasteiger partial charge is 0.242 e. The van der Waals surface area contributed by atoms with Crippen LogP contribution in [0.5, 0.6) is 0 Å². The molecule has 0 saturated heterocycles. The van der Waals surface area contributed by atoms with E-state index >= 15 is 0 Å². The molecule has 0 atom stereocenters. The van der Waals surface area contributed by atoms with E-state index in [1.54, 1.807) is 24.3 Å². The van der Waals surface area contributed by atoms with Gasteiger partial charge in [0.25, 0.3) is 0 Å². The van der Waals surface area contributed by atoms with Crippen molar-refractivity contribution in [2.75, 3.05) is 13.1 Å². The number of fused-ring (bicyclic) bond motifs is 1. The van der Waals surface area contributed by atoms with Crippen molar-refractivity contribution in [2.24, 2.45) is 0 Å². The van der Waals surface area contributed by atoms with Gasteiger partial charge in [0.05, 0.1) is 16.4 Å². The number of hydrogen-bond donors (Lipinski definition) is 0. The number of amides is 1. The number of thiazole rings is 1. The highest BCUT2D eigenvalue weighted by molar-refractivity contribution is 7.11. The van der Waals surface area contributed by atoms with Crippen molar-refractivity contribution >= 4 is 17.2 Å². The summed E-state index contributed by atoms with van der Waals surface area (Å²) in [6.07, 6.45) is 9.61. The Morgan fingerprint density at radius 1 is 1.12 bits per heavy atom. The van der Waals surface area contributed by atoms with Crippen LogP contribution in [0.4, 0.5) is 4.39 Å². The summed E-state index contributed by atoms with van der Waals surface area (Å²) >= 11 is 1.75. The van der Waals surface area contributed by atoms with Crippen LogP contribution in [0.1, 0.15) is 65.0 Å². The summed E-state index contributed by atoms with van der Waals surface area (Å²) in [5.41, 5.74) is 3.49. The van der Waals surface area contributed by atoms with Crippen LogP contribution in [0.15, 0.2) is 24.4 Å². The van der Waals surface area contributed by atoms with Crippen molar-refractivity contribution in [3.05, 3.63) is 57.2 Å². The van der Waals surface area contributed by atoms with Crippen molar-refractivity contribution < 1.29 is 9.18 Å². The Balaban J connectivity index is 1.38. The Hall–Kier alpha value is -2.54. The molecule has 0 N–H and O–H groups in total. The van der Waals surface area contributed by atoms with E-state index in [1.807, 2.05) is 24.1 Å². The quantitative estimate of drug-likeness (QED) is 0.515. The molecule has 0 spiro atoms. The molecule has 3 aromatic rings. The molecule has 33 heavy (non-hydrogen) atoms. The predicted octanol–water partition coefficient (Wildman–Crippen LogP) is 5.44. The first kappa shape index (κ1) is 22.3. The van der Waals surface area contributed by atoms with Crippen molar-refractivity contribution in [1.82, 2.24) is 19.4 Å². The van der Waals surface area contributed by atoms with E-state index in [9.17, 15) is 9.18 Å². The molecule has 5 rings (SSSR count). The predicted molar refractivity (Wildman–Crippen MR) is 129 cm³/mol. The maximum Gasteiger partial charge on any atom is 0.242 e. The number of aromatic nitrogens is 3. The number of aryl methyl sites for hydroxylation is 2. The molecule has 3 heterocycles. The van der Waals surface area contributed by atoms with Crippen LogP contribution in [0.2, 0.25) is 0 Å². The van der Waals surface area contributed by atoms with Crippen LogP contribution in [-0.2, 0) is 24.2 Å². The normalized spacial score (nSPS) is 17.1. The zero-order valence-corrected chi connectivity index (χ0v) is 20.3. The van der Waals surface area contributed by atoms with Crippen molar-refractivity contribution in [1.29, 1.82) is 0 Å². The van der Waals surface area contributed by atoms with Crippen molar-refractivity contribution in [3.63, 3.8) is 0 Å². The summed E-state index contributed by atoms with van der Waals surface area (Å²) in [6.45, 7) is 5.58. The number of rotatable bonds is 4. The van der Waals surface area contributed by atoms with E-state index in [2.05, 4.69) is 9.55 Å². The van der Waals surface area contributed by atoms with Crippen molar-refractivity contribution in [3.8, 4) is 11.3 Å². The highest BCUT2D eigenvalue weighted by Gasteiger charge is 2.26. The van der Waals surface area contributed by atoms with Gasteiger partial charge in [-0.25, -0.2) is 14.4 Å². The highest BCUT2D eigenvalue weighted by Crippen LogP contribution is 2.34. The number of carbonyl (C=O) groups is 1. The molecule has 174 valence electrons. The second-order valence-corrected chi connectivity index (χ2v) is 10.7. The fourth-order valence-electron chi connectivity index (χ4n) is 5.17. The second-order valence-electron chi connectivity index (χ2n) is 9.39. The molecule has 1 saturated carbocycles. The molecular weight excluding hydrogens is 435 g/mol. The number of imidazole rings is 1. The molecule has 0 radical (unpaired) electrons. The molecule has 1 aliphatic heterocycles. The van der Waals surface area contributed by atoms with Gasteiger partial charge in [0.2, 0.25) is 5.91 Å². The van der Waals surface area contributed by atoms with Gasteiger partial charge in [-0.2, -0.15) is 0 Å². The summed E-state index contributed by atoms with van der Waals surface area (Å²) < 4.78 is 15.9. The molecular formula is C26H31FN4OS. The number of hydrogen-bond acceptors (Lipinski definition) is 4. The van der Waals surface area contributed by atoms with E-state index in [1.165, 1.54) is 30.2 Å². The van der Waals surface area contributed by atoms with Crippen LogP contribution in [0.3, 0.4) is 0 Å². The summed E-state index contributed by atoms with van der Waals surface area (Å²) in [5.74, 6) is 1.31. The summed E-state index contributed by atoms with van der Waals surface area (Å²) in [5, 5.41) is 1.11. The van der Waals surface area contributed by atoms with Crippen molar-refractivity contribution in [2.45, 2.75) is 71.3 Å². The van der Waals surface area contributed by atoms with Crippen LogP contribution in [-0.4, -0.2) is 38.4 Å². The Morgan fingerprint density at radius 3 is 2.70 bits per heavy atom. The maximum atomic E-state index is 13.8. The Labute approximate surface area is 198 Å². The number of halogens is 1. The molecule has 1 aromatic carbocycles. The Morgan fingerprint density at radius 2 is 1.91 bits per heavy atom. The SMILES string of the molecule is Cc1nc2c(s1)CCN(C(=O)Cn1cc(-c3ccc(F)c(C)c3)nc1C1CCCCC1)CC2. The van der Waals surface area contributed by atoms with E-state index in [0.29, 0.717) is 24.6 Å². The number of nitrogens with zero attached hydrogens (tertiary/aromatic N) is 4. The zero-order chi connectivity index (χ0) is 22.9. The van der Waals surface area contributed by atoms with Gasteiger partial charge in [0, 0.05) is 48.5 Å². The minimum absolute atomic E-state index is 0.137. The van der Waals surface area contributed by atoms with Crippen LogP contribution >= 0.6 is 11.3 Å². The third-order valence-electron chi connectivity index (χ3n) is 7.00. The molecule has 2 aromatic heterocycles. The lowest BCUT2D eigenvalue weighted by Crippen LogP contribution is -2.36. The fourth-order valence-corrected chi connectivity index (χ4v) is 6.15. The Kier molecular flexibility index (Phi) is 6.32. The molecule has 0 unspecified atom stereocenters. The van der Waals surface area contributed by atoms with Gasteiger partial charge in [-0.05, 0) is 50.5 Å². The lowest BCUT2D eigenvalue weighted by Gasteiger charge is -2.24. The van der Waals surface area contributed by atoms with Gasteiger partial charge in [-0.1, -0.05) is 19.3 Å². The standard InChI is InChI=1S/C26H31FN4OS/c1-17-14-20(8-9-21(17)27)23-15-31(26(29-23)19-6-4-3-5-7-19)16-25(32)30-12-10-22-24(11-13-30)33-18(2)28-22/h8-9,14-15,19H,3-7,10-13,16H2,1-2H3. The summed E-state index contributed by atoms with van der Waals surface area (Å²) in [7, 11) is 0.